The number of carbonyl (C=O) groups is 1. The smallest absolute Gasteiger partial charge is 0.337 e. The van der Waals surface area contributed by atoms with Crippen LogP contribution in [0.2, 0.25) is 0 Å². The summed E-state index contributed by atoms with van der Waals surface area (Å²) in [4.78, 5) is 20.4. The van der Waals surface area contributed by atoms with Gasteiger partial charge in [0, 0.05) is 31.8 Å². The van der Waals surface area contributed by atoms with E-state index in [1.807, 2.05) is 30.3 Å². The second-order valence-corrected chi connectivity index (χ2v) is 8.46. The molecular weight excluding hydrogens is 424 g/mol. The quantitative estimate of drug-likeness (QED) is 0.298. The van der Waals surface area contributed by atoms with E-state index in [2.05, 4.69) is 40.9 Å². The molecule has 0 aliphatic heterocycles. The highest BCUT2D eigenvalue weighted by molar-refractivity contribution is 5.95. The molecule has 6 nitrogen and oxygen atoms in total. The Hall–Kier alpha value is -3.80. The summed E-state index contributed by atoms with van der Waals surface area (Å²) in [6.07, 6.45) is 8.86. The van der Waals surface area contributed by atoms with Crippen LogP contribution in [0, 0.1) is 0 Å². The van der Waals surface area contributed by atoms with Crippen LogP contribution in [0.5, 0.6) is 0 Å². The first-order valence-electron chi connectivity index (χ1n) is 11.9. The van der Waals surface area contributed by atoms with Gasteiger partial charge in [-0.05, 0) is 41.2 Å². The van der Waals surface area contributed by atoms with E-state index in [0.29, 0.717) is 12.0 Å². The molecule has 4 rings (SSSR count). The van der Waals surface area contributed by atoms with Gasteiger partial charge >= 0.3 is 5.97 Å². The van der Waals surface area contributed by atoms with Crippen molar-refractivity contribution >= 4 is 5.97 Å². The molecule has 0 radical (unpaired) electrons. The number of rotatable bonds is 11. The number of pyridine rings is 1. The molecule has 6 heteroatoms. The molecule has 0 unspecified atom stereocenters. The molecule has 2 aromatic carbocycles. The Morgan fingerprint density at radius 3 is 2.47 bits per heavy atom. The summed E-state index contributed by atoms with van der Waals surface area (Å²) in [5.41, 5.74) is 4.14. The third kappa shape index (κ3) is 5.95. The lowest BCUT2D eigenvalue weighted by Crippen LogP contribution is -2.07. The molecule has 0 saturated heterocycles. The number of aromatic carboxylic acids is 1. The van der Waals surface area contributed by atoms with E-state index in [1.54, 1.807) is 12.3 Å². The van der Waals surface area contributed by atoms with Crippen molar-refractivity contribution in [2.45, 2.75) is 52.0 Å². The number of hydrogen-bond donors (Lipinski definition) is 1. The number of aromatic nitrogens is 4. The number of unbranched alkanes of at least 4 members (excludes halogenated alkanes) is 2. The van der Waals surface area contributed by atoms with Crippen molar-refractivity contribution < 1.29 is 9.90 Å². The van der Waals surface area contributed by atoms with E-state index in [9.17, 15) is 9.90 Å². The Morgan fingerprint density at radius 1 is 0.941 bits per heavy atom. The molecule has 34 heavy (non-hydrogen) atoms. The van der Waals surface area contributed by atoms with Crippen LogP contribution in [-0.4, -0.2) is 30.8 Å². The maximum absolute atomic E-state index is 11.5. The summed E-state index contributed by atoms with van der Waals surface area (Å²) in [7, 11) is 0. The first-order valence-corrected chi connectivity index (χ1v) is 11.9. The van der Waals surface area contributed by atoms with E-state index >= 15 is 0 Å². The Bertz CT molecular complexity index is 1220. The summed E-state index contributed by atoms with van der Waals surface area (Å²) in [6.45, 7) is 3.08. The molecule has 2 aromatic heterocycles. The largest absolute Gasteiger partial charge is 0.478 e. The number of aryl methyl sites for hydroxylation is 3. The van der Waals surface area contributed by atoms with Crippen LogP contribution in [0.3, 0.4) is 0 Å². The number of carboxylic acid groups (broad SMARTS) is 1. The van der Waals surface area contributed by atoms with Gasteiger partial charge in [-0.25, -0.2) is 14.5 Å². The summed E-state index contributed by atoms with van der Waals surface area (Å²) in [5, 5.41) is 14.3. The van der Waals surface area contributed by atoms with Gasteiger partial charge in [-0.2, -0.15) is 5.10 Å². The highest BCUT2D eigenvalue weighted by Gasteiger charge is 2.13. The van der Waals surface area contributed by atoms with E-state index < -0.39 is 5.97 Å². The highest BCUT2D eigenvalue weighted by atomic mass is 16.4. The van der Waals surface area contributed by atoms with Gasteiger partial charge in [-0.1, -0.05) is 74.4 Å². The van der Waals surface area contributed by atoms with Crippen molar-refractivity contribution in [1.29, 1.82) is 0 Å². The van der Waals surface area contributed by atoms with Gasteiger partial charge < -0.3 is 5.11 Å². The Kier molecular flexibility index (Phi) is 7.81. The van der Waals surface area contributed by atoms with Crippen LogP contribution in [0.25, 0.3) is 11.1 Å². The van der Waals surface area contributed by atoms with Crippen LogP contribution >= 0.6 is 0 Å². The van der Waals surface area contributed by atoms with Gasteiger partial charge in [0.25, 0.3) is 0 Å². The van der Waals surface area contributed by atoms with Gasteiger partial charge in [-0.3, -0.25) is 4.98 Å². The molecule has 174 valence electrons. The predicted molar refractivity (Wildman–Crippen MR) is 133 cm³/mol. The second kappa shape index (κ2) is 11.4. The van der Waals surface area contributed by atoms with E-state index in [4.69, 9.17) is 10.1 Å². The maximum atomic E-state index is 11.5. The van der Waals surface area contributed by atoms with E-state index in [0.717, 1.165) is 48.6 Å². The standard InChI is InChI=1S/C28H30N4O2/c1-2-3-7-18-32-27(30-26(31-32)15-12-21-8-5-4-6-9-21)19-22-10-13-23(14-11-22)24-16-17-29-20-25(24)28(33)34/h4-6,8-11,13-14,16-17,20H,2-3,7,12,15,18-19H2,1H3,(H,33,34). The number of carboxylic acids is 1. The minimum absolute atomic E-state index is 0.203. The number of hydrogen-bond acceptors (Lipinski definition) is 4. The molecule has 0 spiro atoms. The average molecular weight is 455 g/mol. The molecule has 0 aliphatic rings. The fraction of sp³-hybridized carbons (Fsp3) is 0.286. The van der Waals surface area contributed by atoms with Crippen LogP contribution in [0.15, 0.2) is 73.1 Å². The molecule has 2 heterocycles. The first-order chi connectivity index (χ1) is 16.6. The lowest BCUT2D eigenvalue weighted by atomic mass is 10.00. The second-order valence-electron chi connectivity index (χ2n) is 8.46. The van der Waals surface area contributed by atoms with E-state index in [1.165, 1.54) is 24.6 Å². The average Bonchev–Trinajstić information content (AvgIpc) is 3.25. The lowest BCUT2D eigenvalue weighted by molar-refractivity contribution is 0.0697. The van der Waals surface area contributed by atoms with Crippen LogP contribution in [-0.2, 0) is 25.8 Å². The summed E-state index contributed by atoms with van der Waals surface area (Å²) in [5.74, 6) is 0.882. The topological polar surface area (TPSA) is 80.9 Å². The monoisotopic (exact) mass is 454 g/mol. The zero-order valence-electron chi connectivity index (χ0n) is 19.5. The van der Waals surface area contributed by atoms with Crippen molar-refractivity contribution in [3.63, 3.8) is 0 Å². The third-order valence-corrected chi connectivity index (χ3v) is 5.92. The summed E-state index contributed by atoms with van der Waals surface area (Å²) < 4.78 is 2.06. The minimum Gasteiger partial charge on any atom is -0.478 e. The van der Waals surface area contributed by atoms with Gasteiger partial charge in [0.05, 0.1) is 5.56 Å². The minimum atomic E-state index is -0.976. The van der Waals surface area contributed by atoms with Gasteiger partial charge in [-0.15, -0.1) is 0 Å². The van der Waals surface area contributed by atoms with Gasteiger partial charge in [0.1, 0.15) is 5.82 Å². The van der Waals surface area contributed by atoms with Crippen molar-refractivity contribution in [3.05, 3.63) is 101 Å². The van der Waals surface area contributed by atoms with Crippen molar-refractivity contribution in [1.82, 2.24) is 19.7 Å². The molecule has 0 fully saturated rings. The highest BCUT2D eigenvalue weighted by Crippen LogP contribution is 2.24. The number of nitrogens with zero attached hydrogens (tertiary/aromatic N) is 4. The molecule has 4 aromatic rings. The van der Waals surface area contributed by atoms with Gasteiger partial charge in [0.2, 0.25) is 0 Å². The molecular formula is C28H30N4O2. The summed E-state index contributed by atoms with van der Waals surface area (Å²) >= 11 is 0. The lowest BCUT2D eigenvalue weighted by Gasteiger charge is -2.08. The normalized spacial score (nSPS) is 11.0. The zero-order chi connectivity index (χ0) is 23.8. The molecule has 0 amide bonds. The van der Waals surface area contributed by atoms with Crippen LogP contribution in [0.4, 0.5) is 0 Å². The molecule has 0 bridgehead atoms. The van der Waals surface area contributed by atoms with Crippen molar-refractivity contribution in [2.24, 2.45) is 0 Å². The third-order valence-electron chi connectivity index (χ3n) is 5.92. The molecule has 0 aliphatic carbocycles. The van der Waals surface area contributed by atoms with Crippen molar-refractivity contribution in [3.8, 4) is 11.1 Å². The fourth-order valence-corrected chi connectivity index (χ4v) is 4.06. The first kappa shape index (κ1) is 23.4. The fourth-order valence-electron chi connectivity index (χ4n) is 4.06. The predicted octanol–water partition coefficient (Wildman–Crippen LogP) is 5.60. The maximum Gasteiger partial charge on any atom is 0.337 e. The van der Waals surface area contributed by atoms with Crippen LogP contribution < -0.4 is 0 Å². The molecule has 0 atom stereocenters. The molecule has 0 saturated carbocycles. The van der Waals surface area contributed by atoms with Gasteiger partial charge in [0.15, 0.2) is 5.82 Å². The van der Waals surface area contributed by atoms with E-state index in [-0.39, 0.29) is 5.56 Å². The van der Waals surface area contributed by atoms with Crippen molar-refractivity contribution in [2.75, 3.05) is 0 Å². The SMILES string of the molecule is CCCCCn1nc(CCc2ccccc2)nc1Cc1ccc(-c2ccncc2C(=O)O)cc1. The number of benzene rings is 2. The van der Waals surface area contributed by atoms with Crippen LogP contribution in [0.1, 0.15) is 59.3 Å². The Balaban J connectivity index is 1.51. The zero-order valence-corrected chi connectivity index (χ0v) is 19.5. The Morgan fingerprint density at radius 2 is 1.74 bits per heavy atom. The summed E-state index contributed by atoms with van der Waals surface area (Å²) in [6, 6.07) is 20.2. The molecule has 1 N–H and O–H groups in total. The Labute approximate surface area is 200 Å².